The molecule has 1 unspecified atom stereocenters. The number of nitrogens with zero attached hydrogens (tertiary/aromatic N) is 4. The van der Waals surface area contributed by atoms with Gasteiger partial charge in [0, 0.05) is 75.2 Å². The van der Waals surface area contributed by atoms with Crippen molar-refractivity contribution in [1.29, 1.82) is 0 Å². The number of fused-ring (bicyclic) bond motifs is 1. The van der Waals surface area contributed by atoms with Crippen molar-refractivity contribution in [2.24, 2.45) is 5.92 Å². The number of hydrogen-bond donors (Lipinski definition) is 1. The molecule has 1 atom stereocenters. The maximum atomic E-state index is 13.3. The smallest absolute Gasteiger partial charge is 0.382 e. The van der Waals surface area contributed by atoms with Gasteiger partial charge in [0.15, 0.2) is 0 Å². The van der Waals surface area contributed by atoms with Crippen molar-refractivity contribution >= 4 is 33.7 Å². The van der Waals surface area contributed by atoms with Crippen molar-refractivity contribution in [1.82, 2.24) is 9.80 Å². The van der Waals surface area contributed by atoms with Crippen LogP contribution in [-0.2, 0) is 11.0 Å². The molecule has 8 nitrogen and oxygen atoms in total. The van der Waals surface area contributed by atoms with Crippen LogP contribution in [0.25, 0.3) is 10.8 Å². The summed E-state index contributed by atoms with van der Waals surface area (Å²) in [6, 6.07) is 17.7. The summed E-state index contributed by atoms with van der Waals surface area (Å²) in [4.78, 5) is 29.7. The van der Waals surface area contributed by atoms with E-state index in [4.69, 9.17) is 0 Å². The van der Waals surface area contributed by atoms with Gasteiger partial charge in [0.2, 0.25) is 5.91 Å². The molecule has 0 radical (unpaired) electrons. The van der Waals surface area contributed by atoms with Crippen LogP contribution < -0.4 is 10.2 Å². The maximum absolute atomic E-state index is 13.3. The molecule has 1 amide bonds. The minimum absolute atomic E-state index is 0.0927. The molecule has 218 valence electrons. The number of benzene rings is 3. The summed E-state index contributed by atoms with van der Waals surface area (Å²) < 4.78 is 40.0. The zero-order chi connectivity index (χ0) is 29.1. The van der Waals surface area contributed by atoms with Gasteiger partial charge >= 0.3 is 6.18 Å². The highest BCUT2D eigenvalue weighted by Crippen LogP contribution is 2.38. The van der Waals surface area contributed by atoms with E-state index in [0.29, 0.717) is 32.5 Å². The maximum Gasteiger partial charge on any atom is 0.423 e. The number of nitro groups is 1. The molecule has 0 saturated carbocycles. The molecule has 2 fully saturated rings. The highest BCUT2D eigenvalue weighted by molar-refractivity contribution is 5.86. The Balaban J connectivity index is 1.09. The highest BCUT2D eigenvalue weighted by atomic mass is 19.4. The van der Waals surface area contributed by atoms with Crippen LogP contribution in [0, 0.1) is 16.0 Å². The summed E-state index contributed by atoms with van der Waals surface area (Å²) in [6.45, 7) is 7.22. The van der Waals surface area contributed by atoms with Gasteiger partial charge in [-0.2, -0.15) is 13.2 Å². The van der Waals surface area contributed by atoms with Crippen LogP contribution >= 0.6 is 0 Å². The number of piperazine rings is 1. The average molecular weight is 570 g/mol. The van der Waals surface area contributed by atoms with E-state index < -0.39 is 22.4 Å². The molecule has 11 heteroatoms. The van der Waals surface area contributed by atoms with Crippen LogP contribution in [0.4, 0.5) is 30.2 Å². The van der Waals surface area contributed by atoms with E-state index in [1.54, 1.807) is 0 Å². The molecule has 1 N–H and O–H groups in total. The minimum atomic E-state index is -4.82. The summed E-state index contributed by atoms with van der Waals surface area (Å²) in [5, 5.41) is 16.5. The van der Waals surface area contributed by atoms with Gasteiger partial charge in [0.25, 0.3) is 5.69 Å². The van der Waals surface area contributed by atoms with Gasteiger partial charge < -0.3 is 15.1 Å². The highest BCUT2D eigenvalue weighted by Gasteiger charge is 2.38. The SMILES string of the molecule is CC(CN1CCN(c2ccc3ccccc3c2)CC1)C(=O)N1CCC(Nc2ccc([N+](=O)[O-])c(C(F)(F)F)c2)CC1. The molecule has 0 aromatic heterocycles. The summed E-state index contributed by atoms with van der Waals surface area (Å²) >= 11 is 0. The number of halogens is 3. The molecule has 2 aliphatic rings. The summed E-state index contributed by atoms with van der Waals surface area (Å²) in [6.07, 6.45) is -3.66. The number of rotatable bonds is 7. The van der Waals surface area contributed by atoms with Crippen molar-refractivity contribution in [3.05, 3.63) is 76.3 Å². The number of hydrogen-bond acceptors (Lipinski definition) is 6. The number of likely N-dealkylation sites (tertiary alicyclic amines) is 1. The molecule has 0 bridgehead atoms. The van der Waals surface area contributed by atoms with E-state index in [9.17, 15) is 28.1 Å². The number of nitrogens with one attached hydrogen (secondary N) is 1. The first-order valence-electron chi connectivity index (χ1n) is 14.0. The van der Waals surface area contributed by atoms with Crippen molar-refractivity contribution < 1.29 is 22.9 Å². The third kappa shape index (κ3) is 6.73. The Morgan fingerprint density at radius 3 is 2.32 bits per heavy atom. The average Bonchev–Trinajstić information content (AvgIpc) is 2.96. The Morgan fingerprint density at radius 2 is 1.66 bits per heavy atom. The topological polar surface area (TPSA) is 82.0 Å². The fourth-order valence-corrected chi connectivity index (χ4v) is 5.83. The molecule has 2 saturated heterocycles. The van der Waals surface area contributed by atoms with E-state index in [0.717, 1.165) is 38.3 Å². The number of amides is 1. The predicted octanol–water partition coefficient (Wildman–Crippen LogP) is 5.63. The zero-order valence-corrected chi connectivity index (χ0v) is 22.9. The van der Waals surface area contributed by atoms with Gasteiger partial charge in [-0.25, -0.2) is 0 Å². The normalized spacial score (nSPS) is 18.0. The first-order chi connectivity index (χ1) is 19.6. The number of anilines is 2. The molecular formula is C30H34F3N5O3. The number of alkyl halides is 3. The van der Waals surface area contributed by atoms with E-state index in [2.05, 4.69) is 45.4 Å². The summed E-state index contributed by atoms with van der Waals surface area (Å²) in [7, 11) is 0. The quantitative estimate of drug-likeness (QED) is 0.294. The zero-order valence-electron chi connectivity index (χ0n) is 22.9. The number of carbonyl (C=O) groups is 1. The van der Waals surface area contributed by atoms with Crippen molar-refractivity contribution in [3.63, 3.8) is 0 Å². The van der Waals surface area contributed by atoms with Gasteiger partial charge in [0.05, 0.1) is 4.92 Å². The molecule has 3 aromatic carbocycles. The number of piperidine rings is 1. The lowest BCUT2D eigenvalue weighted by molar-refractivity contribution is -0.388. The molecule has 5 rings (SSSR count). The second-order valence-electron chi connectivity index (χ2n) is 11.0. The lowest BCUT2D eigenvalue weighted by Gasteiger charge is -2.38. The van der Waals surface area contributed by atoms with Crippen LogP contribution in [0.3, 0.4) is 0 Å². The first kappa shape index (κ1) is 28.7. The van der Waals surface area contributed by atoms with E-state index in [-0.39, 0.29) is 23.6 Å². The molecule has 2 heterocycles. The molecule has 41 heavy (non-hydrogen) atoms. The van der Waals surface area contributed by atoms with E-state index in [1.807, 2.05) is 24.0 Å². The van der Waals surface area contributed by atoms with Gasteiger partial charge in [-0.05, 0) is 47.9 Å². The molecule has 0 spiro atoms. The minimum Gasteiger partial charge on any atom is -0.382 e. The Labute approximate surface area is 236 Å². The van der Waals surface area contributed by atoms with Gasteiger partial charge in [-0.3, -0.25) is 19.8 Å². The lowest BCUT2D eigenvalue weighted by atomic mass is 10.0. The van der Waals surface area contributed by atoms with Crippen LogP contribution in [0.5, 0.6) is 0 Å². The van der Waals surface area contributed by atoms with E-state index >= 15 is 0 Å². The van der Waals surface area contributed by atoms with Crippen molar-refractivity contribution in [3.8, 4) is 0 Å². The third-order valence-electron chi connectivity index (χ3n) is 8.10. The standard InChI is InChI=1S/C30H34F3N5O3/c1-21(20-35-14-16-36(17-15-35)26-8-6-22-4-2-3-5-23(22)18-26)29(39)37-12-10-24(11-13-37)34-25-7-9-28(38(40)41)27(19-25)30(31,32)33/h2-9,18-19,21,24,34H,10-17,20H2,1H3. The van der Waals surface area contributed by atoms with Gasteiger partial charge in [-0.1, -0.05) is 37.3 Å². The largest absolute Gasteiger partial charge is 0.423 e. The number of nitro benzene ring substituents is 1. The summed E-state index contributed by atoms with van der Waals surface area (Å²) in [5.41, 5.74) is -0.837. The fraction of sp³-hybridized carbons (Fsp3) is 0.433. The van der Waals surface area contributed by atoms with Crippen LogP contribution in [0.15, 0.2) is 60.7 Å². The molecule has 0 aliphatic carbocycles. The Hall–Kier alpha value is -3.86. The molecule has 2 aliphatic heterocycles. The first-order valence-corrected chi connectivity index (χ1v) is 14.0. The number of carbonyl (C=O) groups excluding carboxylic acids is 1. The Morgan fingerprint density at radius 1 is 0.976 bits per heavy atom. The molecule has 3 aromatic rings. The van der Waals surface area contributed by atoms with Gasteiger partial charge in [0.1, 0.15) is 5.56 Å². The van der Waals surface area contributed by atoms with Crippen LogP contribution in [0.1, 0.15) is 25.3 Å². The van der Waals surface area contributed by atoms with Crippen molar-refractivity contribution in [2.75, 3.05) is 56.0 Å². The van der Waals surface area contributed by atoms with Crippen molar-refractivity contribution in [2.45, 2.75) is 32.0 Å². The third-order valence-corrected chi connectivity index (χ3v) is 8.10. The second-order valence-corrected chi connectivity index (χ2v) is 11.0. The Bertz CT molecular complexity index is 1400. The van der Waals surface area contributed by atoms with Crippen LogP contribution in [0.2, 0.25) is 0 Å². The van der Waals surface area contributed by atoms with Gasteiger partial charge in [-0.15, -0.1) is 0 Å². The Kier molecular flexibility index (Phi) is 8.35. The second kappa shape index (κ2) is 11.9. The fourth-order valence-electron chi connectivity index (χ4n) is 5.83. The predicted molar refractivity (Wildman–Crippen MR) is 153 cm³/mol. The molecular weight excluding hydrogens is 535 g/mol. The lowest BCUT2D eigenvalue weighted by Crippen LogP contribution is -2.50. The summed E-state index contributed by atoms with van der Waals surface area (Å²) in [5.74, 6) is -0.0640. The van der Waals surface area contributed by atoms with E-state index in [1.165, 1.54) is 22.5 Å². The van der Waals surface area contributed by atoms with Crippen LogP contribution in [-0.4, -0.2) is 72.5 Å². The monoisotopic (exact) mass is 569 g/mol.